The molecule has 0 aromatic carbocycles. The van der Waals surface area contributed by atoms with E-state index < -0.39 is 5.60 Å². The number of rotatable bonds is 4. The minimum atomic E-state index is -0.679. The Labute approximate surface area is 86.6 Å². The van der Waals surface area contributed by atoms with E-state index in [1.807, 2.05) is 0 Å². The third-order valence-electron chi connectivity index (χ3n) is 3.58. The fraction of sp³-hybridized carbons (Fsp3) is 1.00. The maximum atomic E-state index is 10.3. The fourth-order valence-electron chi connectivity index (χ4n) is 2.30. The lowest BCUT2D eigenvalue weighted by Crippen LogP contribution is -2.52. The highest BCUT2D eigenvalue weighted by atomic mass is 16.5. The van der Waals surface area contributed by atoms with E-state index in [0.29, 0.717) is 18.9 Å². The van der Waals surface area contributed by atoms with E-state index in [4.69, 9.17) is 10.5 Å². The summed E-state index contributed by atoms with van der Waals surface area (Å²) in [7, 11) is 1.66. The summed E-state index contributed by atoms with van der Waals surface area (Å²) in [4.78, 5) is 0. The molecule has 1 saturated carbocycles. The van der Waals surface area contributed by atoms with Crippen molar-refractivity contribution in [1.29, 1.82) is 0 Å². The second-order valence-electron chi connectivity index (χ2n) is 4.50. The summed E-state index contributed by atoms with van der Waals surface area (Å²) < 4.78 is 5.00. The molecule has 84 valence electrons. The van der Waals surface area contributed by atoms with Crippen LogP contribution in [0.25, 0.3) is 0 Å². The molecule has 3 N–H and O–H groups in total. The van der Waals surface area contributed by atoms with Crippen molar-refractivity contribution >= 4 is 0 Å². The van der Waals surface area contributed by atoms with Crippen molar-refractivity contribution in [2.45, 2.75) is 50.7 Å². The van der Waals surface area contributed by atoms with Crippen LogP contribution in [0.5, 0.6) is 0 Å². The second-order valence-corrected chi connectivity index (χ2v) is 4.50. The van der Waals surface area contributed by atoms with Gasteiger partial charge in [0.25, 0.3) is 0 Å². The van der Waals surface area contributed by atoms with Gasteiger partial charge in [0.15, 0.2) is 0 Å². The van der Waals surface area contributed by atoms with Crippen molar-refractivity contribution in [3.05, 3.63) is 0 Å². The lowest BCUT2D eigenvalue weighted by atomic mass is 9.73. The highest BCUT2D eigenvalue weighted by Gasteiger charge is 2.38. The van der Waals surface area contributed by atoms with Gasteiger partial charge in [-0.1, -0.05) is 13.3 Å². The van der Waals surface area contributed by atoms with E-state index in [0.717, 1.165) is 19.3 Å². The van der Waals surface area contributed by atoms with Gasteiger partial charge in [-0.15, -0.1) is 0 Å². The van der Waals surface area contributed by atoms with Crippen molar-refractivity contribution < 1.29 is 9.84 Å². The van der Waals surface area contributed by atoms with E-state index in [1.54, 1.807) is 7.11 Å². The molecular formula is C11H23NO2. The first-order chi connectivity index (χ1) is 6.62. The Morgan fingerprint density at radius 2 is 2.29 bits per heavy atom. The lowest BCUT2D eigenvalue weighted by molar-refractivity contribution is -0.0484. The molecular weight excluding hydrogens is 178 g/mol. The summed E-state index contributed by atoms with van der Waals surface area (Å²) in [6.45, 7) is 2.79. The van der Waals surface area contributed by atoms with Gasteiger partial charge in [0, 0.05) is 26.2 Å². The fourth-order valence-corrected chi connectivity index (χ4v) is 2.30. The van der Waals surface area contributed by atoms with Crippen molar-refractivity contribution in [3.8, 4) is 0 Å². The van der Waals surface area contributed by atoms with Crippen LogP contribution >= 0.6 is 0 Å². The number of hydrogen-bond donors (Lipinski definition) is 2. The van der Waals surface area contributed by atoms with Crippen molar-refractivity contribution in [2.75, 3.05) is 13.7 Å². The highest BCUT2D eigenvalue weighted by molar-refractivity contribution is 4.95. The zero-order chi connectivity index (χ0) is 10.6. The van der Waals surface area contributed by atoms with Crippen molar-refractivity contribution in [3.63, 3.8) is 0 Å². The molecule has 1 fully saturated rings. The van der Waals surface area contributed by atoms with Crippen LogP contribution in [-0.4, -0.2) is 30.5 Å². The van der Waals surface area contributed by atoms with E-state index in [9.17, 15) is 5.11 Å². The van der Waals surface area contributed by atoms with E-state index in [2.05, 4.69) is 6.92 Å². The van der Waals surface area contributed by atoms with Gasteiger partial charge in [0.05, 0.1) is 5.60 Å². The van der Waals surface area contributed by atoms with Crippen LogP contribution < -0.4 is 5.73 Å². The minimum absolute atomic E-state index is 0.0728. The van der Waals surface area contributed by atoms with Gasteiger partial charge in [0.2, 0.25) is 0 Å². The molecule has 0 spiro atoms. The van der Waals surface area contributed by atoms with Crippen LogP contribution in [0.1, 0.15) is 39.0 Å². The molecule has 14 heavy (non-hydrogen) atoms. The molecule has 0 aromatic rings. The first-order valence-electron chi connectivity index (χ1n) is 5.59. The predicted octanol–water partition coefficient (Wildman–Crippen LogP) is 1.29. The van der Waals surface area contributed by atoms with Crippen LogP contribution in [0.3, 0.4) is 0 Å². The summed E-state index contributed by atoms with van der Waals surface area (Å²) in [5.41, 5.74) is 5.34. The molecule has 3 unspecified atom stereocenters. The Balaban J connectivity index is 2.46. The quantitative estimate of drug-likeness (QED) is 0.720. The Morgan fingerprint density at radius 3 is 2.79 bits per heavy atom. The molecule has 1 aliphatic carbocycles. The lowest BCUT2D eigenvalue weighted by Gasteiger charge is -2.41. The summed E-state index contributed by atoms with van der Waals surface area (Å²) in [6.07, 6.45) is 4.73. The van der Waals surface area contributed by atoms with E-state index >= 15 is 0 Å². The smallest absolute Gasteiger partial charge is 0.0820 e. The van der Waals surface area contributed by atoms with Crippen LogP contribution in [-0.2, 0) is 4.74 Å². The van der Waals surface area contributed by atoms with Gasteiger partial charge >= 0.3 is 0 Å². The van der Waals surface area contributed by atoms with Crippen LogP contribution in [0.2, 0.25) is 0 Å². The Kier molecular flexibility index (Phi) is 4.35. The average Bonchev–Trinajstić information content (AvgIpc) is 2.19. The third-order valence-corrected chi connectivity index (χ3v) is 3.58. The van der Waals surface area contributed by atoms with Crippen molar-refractivity contribution in [1.82, 2.24) is 0 Å². The predicted molar refractivity (Wildman–Crippen MR) is 57.1 cm³/mol. The van der Waals surface area contributed by atoms with Gasteiger partial charge in [-0.2, -0.15) is 0 Å². The Hall–Kier alpha value is -0.120. The van der Waals surface area contributed by atoms with E-state index in [1.165, 1.54) is 6.42 Å². The number of hydrogen-bond acceptors (Lipinski definition) is 3. The van der Waals surface area contributed by atoms with Gasteiger partial charge in [-0.25, -0.2) is 0 Å². The largest absolute Gasteiger partial charge is 0.388 e. The van der Waals surface area contributed by atoms with Gasteiger partial charge in [0.1, 0.15) is 0 Å². The zero-order valence-electron chi connectivity index (χ0n) is 9.33. The molecule has 1 rings (SSSR count). The topological polar surface area (TPSA) is 55.5 Å². The monoisotopic (exact) mass is 201 g/mol. The average molecular weight is 201 g/mol. The molecule has 3 heteroatoms. The van der Waals surface area contributed by atoms with Crippen LogP contribution in [0, 0.1) is 5.92 Å². The molecule has 0 radical (unpaired) electrons. The molecule has 3 nitrogen and oxygen atoms in total. The molecule has 0 saturated heterocycles. The number of methoxy groups -OCH3 is 1. The number of ether oxygens (including phenoxy) is 1. The molecule has 0 amide bonds. The van der Waals surface area contributed by atoms with Gasteiger partial charge < -0.3 is 15.6 Å². The van der Waals surface area contributed by atoms with Crippen LogP contribution in [0.15, 0.2) is 0 Å². The standard InChI is InChI=1S/C11H23NO2/c1-3-9-4-5-11(13,6-7-14-2)10(12)8-9/h9-10,13H,3-8,12H2,1-2H3. The zero-order valence-corrected chi connectivity index (χ0v) is 9.33. The number of nitrogens with two attached hydrogens (primary N) is 1. The van der Waals surface area contributed by atoms with Gasteiger partial charge in [-0.05, 0) is 25.2 Å². The molecule has 0 aliphatic heterocycles. The molecule has 1 aliphatic rings. The summed E-state index contributed by atoms with van der Waals surface area (Å²) >= 11 is 0. The second kappa shape index (κ2) is 5.10. The Bertz CT molecular complexity index is 175. The van der Waals surface area contributed by atoms with Crippen molar-refractivity contribution in [2.24, 2.45) is 11.7 Å². The summed E-state index contributed by atoms with van der Waals surface area (Å²) in [6, 6.07) is -0.0728. The summed E-state index contributed by atoms with van der Waals surface area (Å²) in [5, 5.41) is 10.3. The normalized spacial score (nSPS) is 38.6. The van der Waals surface area contributed by atoms with E-state index in [-0.39, 0.29) is 6.04 Å². The first-order valence-corrected chi connectivity index (χ1v) is 5.59. The molecule has 0 heterocycles. The first kappa shape index (κ1) is 12.0. The maximum absolute atomic E-state index is 10.3. The highest BCUT2D eigenvalue weighted by Crippen LogP contribution is 2.34. The molecule has 0 bridgehead atoms. The van der Waals surface area contributed by atoms with Gasteiger partial charge in [-0.3, -0.25) is 0 Å². The summed E-state index contributed by atoms with van der Waals surface area (Å²) in [5.74, 6) is 0.702. The third kappa shape index (κ3) is 2.69. The maximum Gasteiger partial charge on any atom is 0.0820 e. The Morgan fingerprint density at radius 1 is 1.57 bits per heavy atom. The minimum Gasteiger partial charge on any atom is -0.388 e. The molecule has 3 atom stereocenters. The number of aliphatic hydroxyl groups is 1. The molecule has 0 aromatic heterocycles. The van der Waals surface area contributed by atoms with Crippen LogP contribution in [0.4, 0.5) is 0 Å². The SMILES string of the molecule is CCC1CCC(O)(CCOC)C(N)C1.